The van der Waals surface area contributed by atoms with Crippen molar-refractivity contribution in [2.75, 3.05) is 5.73 Å². The van der Waals surface area contributed by atoms with Gasteiger partial charge >= 0.3 is 0 Å². The average molecular weight is 225 g/mol. The van der Waals surface area contributed by atoms with E-state index in [0.29, 0.717) is 12.1 Å². The normalized spacial score (nSPS) is 9.82. The van der Waals surface area contributed by atoms with Gasteiger partial charge < -0.3 is 10.3 Å². The van der Waals surface area contributed by atoms with Gasteiger partial charge in [0, 0.05) is 6.20 Å². The van der Waals surface area contributed by atoms with Crippen molar-refractivity contribution in [2.24, 2.45) is 0 Å². The molecule has 1 aromatic carbocycles. The van der Waals surface area contributed by atoms with Crippen LogP contribution in [0.2, 0.25) is 0 Å². The molecule has 2 rings (SSSR count). The number of nitrogens with two attached hydrogens (primary N) is 1. The van der Waals surface area contributed by atoms with E-state index in [2.05, 4.69) is 6.07 Å². The summed E-state index contributed by atoms with van der Waals surface area (Å²) in [5.41, 5.74) is 7.04. The molecular formula is C13H11N3O. The summed E-state index contributed by atoms with van der Waals surface area (Å²) in [7, 11) is 0. The molecule has 2 N–H and O–H groups in total. The standard InChI is InChI=1S/C13H11N3O/c14-8-10-3-1-4-11(7-10)9-16-6-2-5-12(15)13(16)17/h1-7H,9,15H2. The van der Waals surface area contributed by atoms with Gasteiger partial charge in [-0.25, -0.2) is 0 Å². The third-order valence-electron chi connectivity index (χ3n) is 2.46. The molecule has 0 aliphatic heterocycles. The molecular weight excluding hydrogens is 214 g/mol. The fraction of sp³-hybridized carbons (Fsp3) is 0.0769. The first-order valence-corrected chi connectivity index (χ1v) is 5.14. The Morgan fingerprint density at radius 2 is 2.12 bits per heavy atom. The third kappa shape index (κ3) is 2.34. The van der Waals surface area contributed by atoms with E-state index in [1.165, 1.54) is 4.57 Å². The summed E-state index contributed by atoms with van der Waals surface area (Å²) in [5, 5.41) is 8.79. The maximum absolute atomic E-state index is 11.7. The number of hydrogen-bond acceptors (Lipinski definition) is 3. The molecule has 4 heteroatoms. The van der Waals surface area contributed by atoms with Gasteiger partial charge in [-0.2, -0.15) is 5.26 Å². The Labute approximate surface area is 98.5 Å². The molecule has 0 amide bonds. The van der Waals surface area contributed by atoms with Crippen LogP contribution in [0.1, 0.15) is 11.1 Å². The van der Waals surface area contributed by atoms with Crippen LogP contribution in [0, 0.1) is 11.3 Å². The van der Waals surface area contributed by atoms with Gasteiger partial charge in [-0.05, 0) is 29.8 Å². The molecule has 1 heterocycles. The number of benzene rings is 1. The van der Waals surface area contributed by atoms with Crippen molar-refractivity contribution in [1.82, 2.24) is 4.57 Å². The van der Waals surface area contributed by atoms with Crippen molar-refractivity contribution < 1.29 is 0 Å². The summed E-state index contributed by atoms with van der Waals surface area (Å²) >= 11 is 0. The van der Waals surface area contributed by atoms with Crippen molar-refractivity contribution in [2.45, 2.75) is 6.54 Å². The van der Waals surface area contributed by atoms with E-state index in [0.717, 1.165) is 5.56 Å². The van der Waals surface area contributed by atoms with Crippen molar-refractivity contribution in [3.8, 4) is 6.07 Å². The van der Waals surface area contributed by atoms with E-state index in [4.69, 9.17) is 11.0 Å². The molecule has 84 valence electrons. The topological polar surface area (TPSA) is 71.8 Å². The fourth-order valence-electron chi connectivity index (χ4n) is 1.62. The minimum Gasteiger partial charge on any atom is -0.394 e. The van der Waals surface area contributed by atoms with Crippen LogP contribution in [0.25, 0.3) is 0 Å². The zero-order valence-corrected chi connectivity index (χ0v) is 9.13. The quantitative estimate of drug-likeness (QED) is 0.838. The Morgan fingerprint density at radius 3 is 2.88 bits per heavy atom. The summed E-state index contributed by atoms with van der Waals surface area (Å²) in [5.74, 6) is 0. The van der Waals surface area contributed by atoms with Gasteiger partial charge in [0.1, 0.15) is 0 Å². The Balaban J connectivity index is 2.35. The minimum absolute atomic E-state index is 0.213. The maximum Gasteiger partial charge on any atom is 0.273 e. The molecule has 2 aromatic rings. The molecule has 0 radical (unpaired) electrons. The van der Waals surface area contributed by atoms with Gasteiger partial charge in [0.2, 0.25) is 0 Å². The Kier molecular flexibility index (Phi) is 2.93. The van der Waals surface area contributed by atoms with E-state index < -0.39 is 0 Å². The highest BCUT2D eigenvalue weighted by Crippen LogP contribution is 2.05. The first-order chi connectivity index (χ1) is 8.20. The van der Waals surface area contributed by atoms with Crippen LogP contribution >= 0.6 is 0 Å². The van der Waals surface area contributed by atoms with E-state index in [1.54, 1.807) is 36.5 Å². The van der Waals surface area contributed by atoms with E-state index in [9.17, 15) is 4.79 Å². The number of hydrogen-bond donors (Lipinski definition) is 1. The second kappa shape index (κ2) is 4.54. The van der Waals surface area contributed by atoms with Gasteiger partial charge in [0.25, 0.3) is 5.56 Å². The van der Waals surface area contributed by atoms with Gasteiger partial charge in [0.15, 0.2) is 0 Å². The van der Waals surface area contributed by atoms with Crippen LogP contribution in [0.5, 0.6) is 0 Å². The van der Waals surface area contributed by atoms with E-state index >= 15 is 0 Å². The molecule has 1 aromatic heterocycles. The van der Waals surface area contributed by atoms with Crippen molar-refractivity contribution in [1.29, 1.82) is 5.26 Å². The lowest BCUT2D eigenvalue weighted by Gasteiger charge is -2.06. The zero-order chi connectivity index (χ0) is 12.3. The third-order valence-corrected chi connectivity index (χ3v) is 2.46. The molecule has 0 aliphatic carbocycles. The minimum atomic E-state index is -0.213. The second-order valence-electron chi connectivity index (χ2n) is 3.71. The van der Waals surface area contributed by atoms with Crippen molar-refractivity contribution >= 4 is 5.69 Å². The molecule has 0 bridgehead atoms. The number of aromatic nitrogens is 1. The predicted molar refractivity (Wildman–Crippen MR) is 65.4 cm³/mol. The molecule has 17 heavy (non-hydrogen) atoms. The zero-order valence-electron chi connectivity index (χ0n) is 9.13. The lowest BCUT2D eigenvalue weighted by atomic mass is 10.1. The van der Waals surface area contributed by atoms with E-state index in [-0.39, 0.29) is 11.2 Å². The van der Waals surface area contributed by atoms with Crippen LogP contribution in [0.3, 0.4) is 0 Å². The summed E-state index contributed by atoms with van der Waals surface area (Å²) in [6, 6.07) is 12.5. The second-order valence-corrected chi connectivity index (χ2v) is 3.71. The lowest BCUT2D eigenvalue weighted by molar-refractivity contribution is 0.762. The van der Waals surface area contributed by atoms with Gasteiger partial charge in [-0.3, -0.25) is 4.79 Å². The summed E-state index contributed by atoms with van der Waals surface area (Å²) < 4.78 is 1.52. The number of rotatable bonds is 2. The summed E-state index contributed by atoms with van der Waals surface area (Å²) in [6.07, 6.45) is 1.68. The lowest BCUT2D eigenvalue weighted by Crippen LogP contribution is -2.22. The number of anilines is 1. The highest BCUT2D eigenvalue weighted by molar-refractivity contribution is 5.35. The van der Waals surface area contributed by atoms with Gasteiger partial charge in [-0.15, -0.1) is 0 Å². The van der Waals surface area contributed by atoms with Gasteiger partial charge in [0.05, 0.1) is 23.9 Å². The highest BCUT2D eigenvalue weighted by Gasteiger charge is 2.01. The average Bonchev–Trinajstić information content (AvgIpc) is 2.35. The Hall–Kier alpha value is -2.54. The predicted octanol–water partition coefficient (Wildman–Crippen LogP) is 1.35. The van der Waals surface area contributed by atoms with Crippen LogP contribution < -0.4 is 11.3 Å². The van der Waals surface area contributed by atoms with Crippen molar-refractivity contribution in [3.63, 3.8) is 0 Å². The number of nitrogen functional groups attached to an aromatic ring is 1. The van der Waals surface area contributed by atoms with Crippen LogP contribution in [0.15, 0.2) is 47.4 Å². The van der Waals surface area contributed by atoms with Crippen LogP contribution in [-0.4, -0.2) is 4.57 Å². The molecule has 4 nitrogen and oxygen atoms in total. The molecule has 0 atom stereocenters. The molecule has 0 fully saturated rings. The summed E-state index contributed by atoms with van der Waals surface area (Å²) in [6.45, 7) is 0.416. The number of pyridine rings is 1. The number of nitriles is 1. The fourth-order valence-corrected chi connectivity index (χ4v) is 1.62. The monoisotopic (exact) mass is 225 g/mol. The molecule has 0 spiro atoms. The van der Waals surface area contributed by atoms with Gasteiger partial charge in [-0.1, -0.05) is 12.1 Å². The first kappa shape index (κ1) is 11.0. The molecule has 0 unspecified atom stereocenters. The molecule has 0 saturated heterocycles. The highest BCUT2D eigenvalue weighted by atomic mass is 16.1. The van der Waals surface area contributed by atoms with Crippen LogP contribution in [0.4, 0.5) is 5.69 Å². The summed E-state index contributed by atoms with van der Waals surface area (Å²) in [4.78, 5) is 11.7. The largest absolute Gasteiger partial charge is 0.394 e. The maximum atomic E-state index is 11.7. The Morgan fingerprint density at radius 1 is 1.29 bits per heavy atom. The number of nitrogens with zero attached hydrogens (tertiary/aromatic N) is 2. The first-order valence-electron chi connectivity index (χ1n) is 5.14. The molecule has 0 saturated carbocycles. The SMILES string of the molecule is N#Cc1cccc(Cn2cccc(N)c2=O)c1. The van der Waals surface area contributed by atoms with Crippen LogP contribution in [-0.2, 0) is 6.54 Å². The van der Waals surface area contributed by atoms with Crippen molar-refractivity contribution in [3.05, 3.63) is 64.1 Å². The molecule has 0 aliphatic rings. The van der Waals surface area contributed by atoms with E-state index in [1.807, 2.05) is 6.07 Å². The Bertz CT molecular complexity index is 638. The smallest absolute Gasteiger partial charge is 0.273 e.